The van der Waals surface area contributed by atoms with Gasteiger partial charge in [0.25, 0.3) is 5.91 Å². The number of nitrogens with two attached hydrogens (primary N) is 1. The number of amides is 1. The summed E-state index contributed by atoms with van der Waals surface area (Å²) in [6.07, 6.45) is 2.39. The first-order chi connectivity index (χ1) is 8.52. The predicted molar refractivity (Wildman–Crippen MR) is 59.3 cm³/mol. The minimum absolute atomic E-state index is 0.103. The Labute approximate surface area is 100 Å². The molecule has 2 rings (SSSR count). The van der Waals surface area contributed by atoms with Gasteiger partial charge in [-0.05, 0) is 0 Å². The van der Waals surface area contributed by atoms with Crippen LogP contribution in [0.2, 0.25) is 0 Å². The van der Waals surface area contributed by atoms with Crippen LogP contribution >= 0.6 is 0 Å². The highest BCUT2D eigenvalue weighted by Gasteiger charge is 2.14. The Balaban J connectivity index is 2.52. The average molecular weight is 253 g/mol. The van der Waals surface area contributed by atoms with Gasteiger partial charge in [0, 0.05) is 19.3 Å². The Hall–Kier alpha value is -2.51. The van der Waals surface area contributed by atoms with Crippen molar-refractivity contribution in [2.75, 3.05) is 12.4 Å². The number of carbonyl (C=O) groups excluding carboxylic acids is 1. The number of pyridine rings is 1. The van der Waals surface area contributed by atoms with Crippen LogP contribution in [0.25, 0.3) is 5.82 Å². The van der Waals surface area contributed by atoms with Gasteiger partial charge in [-0.2, -0.15) is 5.10 Å². The molecule has 0 aromatic carbocycles. The van der Waals surface area contributed by atoms with Gasteiger partial charge in [0.15, 0.2) is 23.3 Å². The highest BCUT2D eigenvalue weighted by atomic mass is 19.1. The molecule has 3 N–H and O–H groups in total. The molecule has 2 heterocycles. The first-order valence-corrected chi connectivity index (χ1v) is 4.91. The Morgan fingerprint density at radius 1 is 1.44 bits per heavy atom. The monoisotopic (exact) mass is 253 g/mol. The molecule has 6 nitrogen and oxygen atoms in total. The Morgan fingerprint density at radius 2 is 2.17 bits per heavy atom. The molecule has 0 aliphatic heterocycles. The Morgan fingerprint density at radius 3 is 2.72 bits per heavy atom. The molecule has 0 unspecified atom stereocenters. The summed E-state index contributed by atoms with van der Waals surface area (Å²) in [6, 6.07) is 0.680. The number of halogens is 2. The van der Waals surface area contributed by atoms with Crippen LogP contribution in [0.3, 0.4) is 0 Å². The molecule has 0 saturated carbocycles. The topological polar surface area (TPSA) is 85.8 Å². The van der Waals surface area contributed by atoms with Gasteiger partial charge < -0.3 is 11.1 Å². The van der Waals surface area contributed by atoms with E-state index in [1.54, 1.807) is 0 Å². The second-order valence-electron chi connectivity index (χ2n) is 3.41. The molecule has 0 fully saturated rings. The average Bonchev–Trinajstić information content (AvgIpc) is 2.78. The molecule has 94 valence electrons. The summed E-state index contributed by atoms with van der Waals surface area (Å²) < 4.78 is 27.8. The third kappa shape index (κ3) is 1.99. The molecule has 2 aromatic rings. The summed E-state index contributed by atoms with van der Waals surface area (Å²) in [5.41, 5.74) is 5.15. The van der Waals surface area contributed by atoms with Crippen molar-refractivity contribution in [1.82, 2.24) is 14.8 Å². The molecular weight excluding hydrogens is 244 g/mol. The number of primary amides is 1. The van der Waals surface area contributed by atoms with Crippen molar-refractivity contribution < 1.29 is 13.6 Å². The number of hydrogen-bond acceptors (Lipinski definition) is 4. The van der Waals surface area contributed by atoms with Gasteiger partial charge in [0.1, 0.15) is 0 Å². The highest BCUT2D eigenvalue weighted by Crippen LogP contribution is 2.17. The molecule has 0 bridgehead atoms. The largest absolute Gasteiger partial charge is 0.371 e. The summed E-state index contributed by atoms with van der Waals surface area (Å²) in [6.45, 7) is 0. The van der Waals surface area contributed by atoms with Crippen molar-refractivity contribution in [2.45, 2.75) is 0 Å². The molecule has 0 saturated heterocycles. The summed E-state index contributed by atoms with van der Waals surface area (Å²) in [7, 11) is 1.45. The zero-order valence-electron chi connectivity index (χ0n) is 9.32. The van der Waals surface area contributed by atoms with Gasteiger partial charge in [0.05, 0.1) is 11.8 Å². The van der Waals surface area contributed by atoms with E-state index in [1.165, 1.54) is 19.4 Å². The maximum Gasteiger partial charge on any atom is 0.251 e. The van der Waals surface area contributed by atoms with E-state index in [1.807, 2.05) is 0 Å². The van der Waals surface area contributed by atoms with Crippen molar-refractivity contribution in [1.29, 1.82) is 0 Å². The van der Waals surface area contributed by atoms with Gasteiger partial charge in [-0.3, -0.25) is 4.79 Å². The van der Waals surface area contributed by atoms with E-state index in [4.69, 9.17) is 5.73 Å². The van der Waals surface area contributed by atoms with Crippen LogP contribution in [0, 0.1) is 11.6 Å². The lowest BCUT2D eigenvalue weighted by Gasteiger charge is -2.06. The number of rotatable bonds is 3. The zero-order chi connectivity index (χ0) is 13.3. The quantitative estimate of drug-likeness (QED) is 0.842. The Kier molecular flexibility index (Phi) is 2.92. The normalized spacial score (nSPS) is 10.4. The molecule has 0 aliphatic carbocycles. The molecule has 0 aliphatic rings. The first kappa shape index (κ1) is 12.0. The third-order valence-electron chi connectivity index (χ3n) is 2.23. The third-order valence-corrected chi connectivity index (χ3v) is 2.23. The minimum atomic E-state index is -0.898. The van der Waals surface area contributed by atoms with Gasteiger partial charge in [-0.1, -0.05) is 0 Å². The molecule has 0 atom stereocenters. The van der Waals surface area contributed by atoms with Crippen molar-refractivity contribution in [3.63, 3.8) is 0 Å². The lowest BCUT2D eigenvalue weighted by atomic mass is 10.3. The molecule has 0 spiro atoms. The predicted octanol–water partition coefficient (Wildman–Crippen LogP) is 0.686. The fourth-order valence-electron chi connectivity index (χ4n) is 1.36. The molecule has 8 heteroatoms. The maximum atomic E-state index is 13.6. The number of anilines is 1. The summed E-state index contributed by atoms with van der Waals surface area (Å²) in [5.74, 6) is -2.76. The van der Waals surface area contributed by atoms with Crippen LogP contribution < -0.4 is 11.1 Å². The number of hydrogen-bond donors (Lipinski definition) is 2. The summed E-state index contributed by atoms with van der Waals surface area (Å²) >= 11 is 0. The molecule has 0 radical (unpaired) electrons. The van der Waals surface area contributed by atoms with Gasteiger partial charge in [0.2, 0.25) is 0 Å². The lowest BCUT2D eigenvalue weighted by molar-refractivity contribution is 0.100. The van der Waals surface area contributed by atoms with E-state index in [9.17, 15) is 13.6 Å². The lowest BCUT2D eigenvalue weighted by Crippen LogP contribution is -2.10. The molecule has 1 amide bonds. The van der Waals surface area contributed by atoms with E-state index in [2.05, 4.69) is 15.4 Å². The minimum Gasteiger partial charge on any atom is -0.371 e. The van der Waals surface area contributed by atoms with Crippen LogP contribution in [-0.2, 0) is 0 Å². The van der Waals surface area contributed by atoms with E-state index >= 15 is 0 Å². The van der Waals surface area contributed by atoms with Crippen LogP contribution in [0.4, 0.5) is 14.6 Å². The second kappa shape index (κ2) is 4.40. The van der Waals surface area contributed by atoms with Crippen molar-refractivity contribution >= 4 is 11.7 Å². The van der Waals surface area contributed by atoms with Crippen LogP contribution in [0.15, 0.2) is 18.5 Å². The van der Waals surface area contributed by atoms with Crippen molar-refractivity contribution in [3.05, 3.63) is 35.7 Å². The van der Waals surface area contributed by atoms with Gasteiger partial charge >= 0.3 is 0 Å². The van der Waals surface area contributed by atoms with Gasteiger partial charge in [-0.15, -0.1) is 0 Å². The Bertz CT molecular complexity index is 610. The number of carbonyl (C=O) groups is 1. The standard InChI is InChI=1S/C10H9F2N5O/c1-14-9-6(11)2-7(12)10(16-9)17-4-5(3-15-17)8(13)18/h2-4H,1H3,(H2,13,18)(H,14,16). The van der Waals surface area contributed by atoms with E-state index < -0.39 is 17.5 Å². The van der Waals surface area contributed by atoms with E-state index in [0.29, 0.717) is 6.07 Å². The van der Waals surface area contributed by atoms with Crippen LogP contribution in [-0.4, -0.2) is 27.7 Å². The number of nitrogens with zero attached hydrogens (tertiary/aromatic N) is 3. The molecular formula is C10H9F2N5O. The SMILES string of the molecule is CNc1nc(-n2cc(C(N)=O)cn2)c(F)cc1F. The smallest absolute Gasteiger partial charge is 0.251 e. The maximum absolute atomic E-state index is 13.6. The molecule has 2 aromatic heterocycles. The molecule has 18 heavy (non-hydrogen) atoms. The van der Waals surface area contributed by atoms with Crippen LogP contribution in [0.1, 0.15) is 10.4 Å². The summed E-state index contributed by atoms with van der Waals surface area (Å²) in [5, 5.41) is 6.21. The van der Waals surface area contributed by atoms with E-state index in [0.717, 1.165) is 4.68 Å². The van der Waals surface area contributed by atoms with Crippen LogP contribution in [0.5, 0.6) is 0 Å². The fraction of sp³-hybridized carbons (Fsp3) is 0.100. The highest BCUT2D eigenvalue weighted by molar-refractivity contribution is 5.92. The number of aromatic nitrogens is 3. The second-order valence-corrected chi connectivity index (χ2v) is 3.41. The van der Waals surface area contributed by atoms with E-state index in [-0.39, 0.29) is 17.2 Å². The van der Waals surface area contributed by atoms with Crippen molar-refractivity contribution in [2.24, 2.45) is 5.73 Å². The zero-order valence-corrected chi connectivity index (χ0v) is 9.32. The fourth-order valence-corrected chi connectivity index (χ4v) is 1.36. The first-order valence-electron chi connectivity index (χ1n) is 4.91. The number of nitrogens with one attached hydrogen (secondary N) is 1. The van der Waals surface area contributed by atoms with Crippen molar-refractivity contribution in [3.8, 4) is 5.82 Å². The summed E-state index contributed by atoms with van der Waals surface area (Å²) in [4.78, 5) is 14.6. The van der Waals surface area contributed by atoms with Gasteiger partial charge in [-0.25, -0.2) is 18.4 Å².